The fraction of sp³-hybridized carbons (Fsp3) is 0.111. The van der Waals surface area contributed by atoms with E-state index < -0.39 is 0 Å². The third-order valence-electron chi connectivity index (χ3n) is 1.53. The molecule has 0 aliphatic heterocycles. The summed E-state index contributed by atoms with van der Waals surface area (Å²) in [5.41, 5.74) is 0.966. The lowest BCUT2D eigenvalue weighted by Gasteiger charge is -1.99. The van der Waals surface area contributed by atoms with Gasteiger partial charge in [0.2, 0.25) is 0 Å². The highest BCUT2D eigenvalue weighted by Gasteiger charge is 1.90. The summed E-state index contributed by atoms with van der Waals surface area (Å²) in [4.78, 5) is 0. The molecule has 1 rings (SSSR count). The summed E-state index contributed by atoms with van der Waals surface area (Å²) < 4.78 is 9.68. The largest absolute Gasteiger partial charge is 0.545 e. The van der Waals surface area contributed by atoms with Gasteiger partial charge in [0, 0.05) is 0 Å². The number of hydrogen-bond acceptors (Lipinski definition) is 3. The highest BCUT2D eigenvalue weighted by Crippen LogP contribution is 2.13. The summed E-state index contributed by atoms with van der Waals surface area (Å²) in [6.07, 6.45) is 3.19. The maximum absolute atomic E-state index is 8.35. The molecule has 0 saturated carbocycles. The molecule has 0 radical (unpaired) electrons. The van der Waals surface area contributed by atoms with Crippen LogP contribution in [0.25, 0.3) is 6.08 Å². The summed E-state index contributed by atoms with van der Waals surface area (Å²) in [6.45, 7) is 0. The predicted molar refractivity (Wildman–Crippen MR) is 52.5 cm³/mol. The van der Waals surface area contributed by atoms with Crippen LogP contribution in [0.4, 0.5) is 0 Å². The molecule has 4 heteroatoms. The summed E-state index contributed by atoms with van der Waals surface area (Å²) in [6, 6.07) is 7.54. The maximum Gasteiger partial charge on any atom is 0.503 e. The van der Waals surface area contributed by atoms with Gasteiger partial charge in [-0.15, -0.1) is 0 Å². The second-order valence-corrected chi connectivity index (χ2v) is 2.38. The quantitative estimate of drug-likeness (QED) is 0.550. The first-order valence-electron chi connectivity index (χ1n) is 3.90. The molecule has 0 aromatic heterocycles. The minimum Gasteiger partial charge on any atom is -0.545 e. The Morgan fingerprint density at radius 1 is 1.46 bits per heavy atom. The zero-order valence-electron chi connectivity index (χ0n) is 7.43. The Hall–Kier alpha value is -1.42. The van der Waals surface area contributed by atoms with Crippen LogP contribution >= 0.6 is 0 Å². The van der Waals surface area contributed by atoms with Crippen molar-refractivity contribution in [2.24, 2.45) is 0 Å². The summed E-state index contributed by atoms with van der Waals surface area (Å²) >= 11 is 0. The normalized spacial score (nSPS) is 10.0. The lowest BCUT2D eigenvalue weighted by Crippen LogP contribution is -1.87. The Morgan fingerprint density at radius 3 is 3.00 bits per heavy atom. The second-order valence-electron chi connectivity index (χ2n) is 2.38. The van der Waals surface area contributed by atoms with Crippen molar-refractivity contribution in [2.45, 2.75) is 0 Å². The van der Waals surface area contributed by atoms with Crippen LogP contribution in [0.3, 0.4) is 0 Å². The Morgan fingerprint density at radius 2 is 2.31 bits per heavy atom. The van der Waals surface area contributed by atoms with Crippen molar-refractivity contribution in [3.63, 3.8) is 0 Å². The van der Waals surface area contributed by atoms with Crippen molar-refractivity contribution in [1.29, 1.82) is 0 Å². The van der Waals surface area contributed by atoms with Gasteiger partial charge in [0.15, 0.2) is 0 Å². The minimum absolute atomic E-state index is 0.305. The fourth-order valence-corrected chi connectivity index (χ4v) is 0.915. The van der Waals surface area contributed by atoms with E-state index >= 15 is 0 Å². The standard InChI is InChI=1S/C9H11BO3/c1-12-9-4-2-3-8(7-9)5-6-13-10-11/h2-7,10-11H,1H3/b6-5+. The first-order valence-corrected chi connectivity index (χ1v) is 3.90. The van der Waals surface area contributed by atoms with E-state index in [9.17, 15) is 0 Å². The summed E-state index contributed by atoms with van der Waals surface area (Å²) in [5.74, 6) is 0.797. The number of rotatable bonds is 4. The van der Waals surface area contributed by atoms with E-state index in [4.69, 9.17) is 9.76 Å². The van der Waals surface area contributed by atoms with Gasteiger partial charge >= 0.3 is 7.69 Å². The van der Waals surface area contributed by atoms with Crippen molar-refractivity contribution in [3.05, 3.63) is 36.1 Å². The van der Waals surface area contributed by atoms with Gasteiger partial charge in [-0.1, -0.05) is 12.1 Å². The number of hydrogen-bond donors (Lipinski definition) is 1. The van der Waals surface area contributed by atoms with Crippen LogP contribution in [-0.4, -0.2) is 19.8 Å². The molecule has 0 aliphatic rings. The summed E-state index contributed by atoms with van der Waals surface area (Å²) in [5, 5.41) is 8.35. The van der Waals surface area contributed by atoms with Gasteiger partial charge in [0.25, 0.3) is 0 Å². The molecule has 0 saturated heterocycles. The van der Waals surface area contributed by atoms with Crippen LogP contribution in [0.5, 0.6) is 5.75 Å². The predicted octanol–water partition coefficient (Wildman–Crippen LogP) is 0.941. The third-order valence-corrected chi connectivity index (χ3v) is 1.53. The highest BCUT2D eigenvalue weighted by molar-refractivity contribution is 6.16. The molecule has 3 nitrogen and oxygen atoms in total. The Bertz CT molecular complexity index is 286. The molecule has 0 bridgehead atoms. The van der Waals surface area contributed by atoms with Crippen LogP contribution in [0, 0.1) is 0 Å². The van der Waals surface area contributed by atoms with Crippen molar-refractivity contribution < 1.29 is 14.4 Å². The average molecular weight is 178 g/mol. The molecule has 68 valence electrons. The molecule has 1 N–H and O–H groups in total. The van der Waals surface area contributed by atoms with E-state index in [0.29, 0.717) is 0 Å². The first kappa shape index (κ1) is 9.67. The molecule has 0 heterocycles. The third kappa shape index (κ3) is 3.21. The van der Waals surface area contributed by atoms with E-state index in [2.05, 4.69) is 4.65 Å². The summed E-state index contributed by atoms with van der Waals surface area (Å²) in [7, 11) is 1.31. The number of benzene rings is 1. The van der Waals surface area contributed by atoms with Crippen molar-refractivity contribution in [3.8, 4) is 5.75 Å². The van der Waals surface area contributed by atoms with Crippen molar-refractivity contribution >= 4 is 13.8 Å². The Balaban J connectivity index is 2.66. The van der Waals surface area contributed by atoms with Gasteiger partial charge in [-0.3, -0.25) is 0 Å². The van der Waals surface area contributed by atoms with E-state index in [-0.39, 0.29) is 7.69 Å². The van der Waals surface area contributed by atoms with Crippen molar-refractivity contribution in [2.75, 3.05) is 7.11 Å². The van der Waals surface area contributed by atoms with Crippen LogP contribution in [0.2, 0.25) is 0 Å². The van der Waals surface area contributed by atoms with E-state index in [0.717, 1.165) is 11.3 Å². The second kappa shape index (κ2) is 5.27. The number of methoxy groups -OCH3 is 1. The molecule has 0 atom stereocenters. The zero-order valence-corrected chi connectivity index (χ0v) is 7.43. The topological polar surface area (TPSA) is 38.7 Å². The molecule has 0 amide bonds. The molecule has 0 spiro atoms. The van der Waals surface area contributed by atoms with Gasteiger partial charge in [-0.05, 0) is 23.8 Å². The van der Waals surface area contributed by atoms with Crippen LogP contribution in [0.15, 0.2) is 30.5 Å². The lowest BCUT2D eigenvalue weighted by molar-refractivity contribution is 0.408. The van der Waals surface area contributed by atoms with Gasteiger partial charge in [0.05, 0.1) is 13.4 Å². The highest BCUT2D eigenvalue weighted by atomic mass is 16.5. The van der Waals surface area contributed by atoms with Crippen molar-refractivity contribution in [1.82, 2.24) is 0 Å². The monoisotopic (exact) mass is 178 g/mol. The number of ether oxygens (including phenoxy) is 1. The molecule has 0 fully saturated rings. The SMILES string of the molecule is COc1cccc(/C=C/OBO)c1. The van der Waals surface area contributed by atoms with Gasteiger partial charge < -0.3 is 14.4 Å². The van der Waals surface area contributed by atoms with Gasteiger partial charge in [-0.2, -0.15) is 0 Å². The van der Waals surface area contributed by atoms with E-state index in [1.165, 1.54) is 6.26 Å². The Labute approximate surface area is 77.9 Å². The molecule has 1 aromatic rings. The lowest BCUT2D eigenvalue weighted by atomic mass is 10.2. The van der Waals surface area contributed by atoms with Gasteiger partial charge in [0.1, 0.15) is 5.75 Å². The molecule has 13 heavy (non-hydrogen) atoms. The fourth-order valence-electron chi connectivity index (χ4n) is 0.915. The van der Waals surface area contributed by atoms with Gasteiger partial charge in [-0.25, -0.2) is 0 Å². The van der Waals surface area contributed by atoms with Crippen LogP contribution < -0.4 is 4.74 Å². The molecule has 1 aromatic carbocycles. The van der Waals surface area contributed by atoms with E-state index in [1.54, 1.807) is 13.2 Å². The first-order chi connectivity index (χ1) is 6.36. The average Bonchev–Trinajstić information content (AvgIpc) is 2.19. The molecule has 0 aliphatic carbocycles. The van der Waals surface area contributed by atoms with Crippen LogP contribution in [0.1, 0.15) is 5.56 Å². The smallest absolute Gasteiger partial charge is 0.503 e. The minimum atomic E-state index is -0.305. The zero-order chi connectivity index (χ0) is 9.52. The Kier molecular flexibility index (Phi) is 3.92. The molecular formula is C9H11BO3. The molecule has 0 unspecified atom stereocenters. The van der Waals surface area contributed by atoms with E-state index in [1.807, 2.05) is 24.3 Å². The maximum atomic E-state index is 8.35. The van der Waals surface area contributed by atoms with Crippen LogP contribution in [-0.2, 0) is 4.65 Å². The molecular weight excluding hydrogens is 167 g/mol.